The maximum atomic E-state index is 13.4. The Labute approximate surface area is 218 Å². The number of carbonyl (C=O) groups excluding carboxylic acids is 2. The van der Waals surface area contributed by atoms with Crippen LogP contribution >= 0.6 is 11.3 Å². The minimum Gasteiger partial charge on any atom is -0.481 e. The minimum absolute atomic E-state index is 0.0152. The van der Waals surface area contributed by atoms with Crippen molar-refractivity contribution >= 4 is 29.1 Å². The normalized spacial score (nSPS) is 18.1. The lowest BCUT2D eigenvalue weighted by Crippen LogP contribution is -2.54. The number of nitrogens with zero attached hydrogens (tertiary/aromatic N) is 1. The molecule has 2 aromatic rings. The van der Waals surface area contributed by atoms with Crippen LogP contribution in [0.15, 0.2) is 29.6 Å². The van der Waals surface area contributed by atoms with Gasteiger partial charge in [0, 0.05) is 17.8 Å². The van der Waals surface area contributed by atoms with E-state index in [1.807, 2.05) is 57.3 Å². The maximum absolute atomic E-state index is 13.4. The number of carbonyl (C=O) groups is 3. The number of aliphatic carboxylic acids is 1. The van der Waals surface area contributed by atoms with Gasteiger partial charge in [-0.1, -0.05) is 32.0 Å². The van der Waals surface area contributed by atoms with Crippen molar-refractivity contribution in [3.8, 4) is 10.4 Å². The number of benzene rings is 1. The van der Waals surface area contributed by atoms with Crippen molar-refractivity contribution in [2.45, 2.75) is 71.6 Å². The first-order valence-corrected chi connectivity index (χ1v) is 13.2. The predicted octanol–water partition coefficient (Wildman–Crippen LogP) is 5.88. The highest BCUT2D eigenvalue weighted by molar-refractivity contribution is 7.13. The van der Waals surface area contributed by atoms with E-state index >= 15 is 0 Å². The fourth-order valence-electron chi connectivity index (χ4n) is 4.84. The highest BCUT2D eigenvalue weighted by Crippen LogP contribution is 2.37. The number of alkyl halides is 3. The number of carboxylic acids is 1. The zero-order valence-electron chi connectivity index (χ0n) is 21.4. The summed E-state index contributed by atoms with van der Waals surface area (Å²) < 4.78 is 39.5. The van der Waals surface area contributed by atoms with Crippen molar-refractivity contribution in [2.75, 3.05) is 6.54 Å². The van der Waals surface area contributed by atoms with Gasteiger partial charge in [0.1, 0.15) is 6.04 Å². The molecule has 0 spiro atoms. The zero-order valence-corrected chi connectivity index (χ0v) is 22.2. The molecule has 0 unspecified atom stereocenters. The van der Waals surface area contributed by atoms with E-state index < -0.39 is 48.4 Å². The summed E-state index contributed by atoms with van der Waals surface area (Å²) in [5, 5.41) is 14.1. The fraction of sp³-hybridized carbons (Fsp3) is 0.519. The number of nitrogens with one attached hydrogen (secondary N) is 1. The quantitative estimate of drug-likeness (QED) is 0.418. The molecule has 1 aromatic carbocycles. The molecule has 0 aliphatic carbocycles. The summed E-state index contributed by atoms with van der Waals surface area (Å²) in [5.74, 6) is -4.10. The topological polar surface area (TPSA) is 86.7 Å². The molecule has 37 heavy (non-hydrogen) atoms. The van der Waals surface area contributed by atoms with Crippen molar-refractivity contribution in [2.24, 2.45) is 11.8 Å². The summed E-state index contributed by atoms with van der Waals surface area (Å²) in [4.78, 5) is 40.0. The number of hydrogen-bond donors (Lipinski definition) is 2. The Bertz CT molecular complexity index is 1120. The molecule has 10 heteroatoms. The van der Waals surface area contributed by atoms with Crippen molar-refractivity contribution in [1.82, 2.24) is 10.2 Å². The molecule has 3 rings (SSSR count). The number of halogens is 3. The van der Waals surface area contributed by atoms with Gasteiger partial charge < -0.3 is 15.3 Å². The number of rotatable bonds is 9. The van der Waals surface area contributed by atoms with Crippen molar-refractivity contribution < 1.29 is 32.7 Å². The van der Waals surface area contributed by atoms with Crippen LogP contribution in [-0.2, 0) is 14.4 Å². The van der Waals surface area contributed by atoms with Gasteiger partial charge in [-0.25, -0.2) is 0 Å². The number of piperidine rings is 1. The Morgan fingerprint density at radius 1 is 1.22 bits per heavy atom. The van der Waals surface area contributed by atoms with Crippen LogP contribution in [0.3, 0.4) is 0 Å². The first kappa shape index (κ1) is 28.7. The first-order valence-electron chi connectivity index (χ1n) is 12.3. The second kappa shape index (κ2) is 11.7. The highest BCUT2D eigenvalue weighted by atomic mass is 32.1. The number of carboxylic acid groups (broad SMARTS) is 1. The second-order valence-corrected chi connectivity index (χ2v) is 11.0. The predicted molar refractivity (Wildman–Crippen MR) is 136 cm³/mol. The number of thiophene rings is 1. The standard InChI is InChI=1S/C27H33F3N2O4S/c1-15(2)10-21(32-9-8-19(12-23(32)33)27(28,29)30)26(36)31-20(13-24(34)35)18-11-22(37-14-18)25-16(3)6-5-7-17(25)4/h5-7,11,14-15,19-21H,8-10,12-13H2,1-4H3,(H,31,36)(H,34,35)/t19-,20-,21+/m1/s1. The van der Waals surface area contributed by atoms with Gasteiger partial charge in [0.2, 0.25) is 11.8 Å². The largest absolute Gasteiger partial charge is 0.481 e. The Hall–Kier alpha value is -2.88. The Morgan fingerprint density at radius 2 is 1.86 bits per heavy atom. The molecule has 0 radical (unpaired) electrons. The van der Waals surface area contributed by atoms with Gasteiger partial charge in [0.25, 0.3) is 0 Å². The maximum Gasteiger partial charge on any atom is 0.392 e. The molecule has 202 valence electrons. The molecule has 1 aliphatic heterocycles. The molecule has 1 aliphatic rings. The van der Waals surface area contributed by atoms with E-state index in [0.717, 1.165) is 21.6 Å². The number of amides is 2. The molecule has 2 amide bonds. The second-order valence-electron chi connectivity index (χ2n) is 10.1. The minimum atomic E-state index is -4.46. The van der Waals surface area contributed by atoms with Crippen molar-refractivity contribution in [1.29, 1.82) is 0 Å². The molecular weight excluding hydrogens is 505 g/mol. The van der Waals surface area contributed by atoms with E-state index in [4.69, 9.17) is 0 Å². The van der Waals surface area contributed by atoms with Crippen LogP contribution in [0.25, 0.3) is 10.4 Å². The van der Waals surface area contributed by atoms with Gasteiger partial charge in [-0.2, -0.15) is 13.2 Å². The Balaban J connectivity index is 1.85. The Morgan fingerprint density at radius 3 is 2.41 bits per heavy atom. The summed E-state index contributed by atoms with van der Waals surface area (Å²) in [5.41, 5.74) is 3.83. The summed E-state index contributed by atoms with van der Waals surface area (Å²) in [6, 6.07) is 5.99. The number of aryl methyl sites for hydroxylation is 2. The molecule has 0 saturated carbocycles. The van der Waals surface area contributed by atoms with Crippen LogP contribution in [0.1, 0.15) is 62.3 Å². The smallest absolute Gasteiger partial charge is 0.392 e. The molecule has 2 heterocycles. The third kappa shape index (κ3) is 7.12. The molecule has 1 saturated heterocycles. The number of likely N-dealkylation sites (tertiary alicyclic amines) is 1. The molecule has 1 aromatic heterocycles. The van der Waals surface area contributed by atoms with Gasteiger partial charge in [0.05, 0.1) is 18.4 Å². The van der Waals surface area contributed by atoms with E-state index in [1.54, 1.807) is 0 Å². The van der Waals surface area contributed by atoms with E-state index in [1.165, 1.54) is 16.2 Å². The summed E-state index contributed by atoms with van der Waals surface area (Å²) in [6.07, 6.45) is -5.53. The van der Waals surface area contributed by atoms with Crippen LogP contribution < -0.4 is 5.32 Å². The van der Waals surface area contributed by atoms with Crippen LogP contribution in [0.5, 0.6) is 0 Å². The summed E-state index contributed by atoms with van der Waals surface area (Å²) in [6.45, 7) is 7.53. The lowest BCUT2D eigenvalue weighted by molar-refractivity contribution is -0.191. The average Bonchev–Trinajstić information content (AvgIpc) is 3.25. The average molecular weight is 539 g/mol. The summed E-state index contributed by atoms with van der Waals surface area (Å²) >= 11 is 1.45. The van der Waals surface area contributed by atoms with Crippen LogP contribution in [0, 0.1) is 25.7 Å². The molecule has 3 atom stereocenters. The molecule has 1 fully saturated rings. The third-order valence-corrected chi connectivity index (χ3v) is 7.71. The van der Waals surface area contributed by atoms with Gasteiger partial charge in [-0.05, 0) is 66.3 Å². The van der Waals surface area contributed by atoms with E-state index in [2.05, 4.69) is 5.32 Å². The molecule has 2 N–H and O–H groups in total. The Kier molecular flexibility index (Phi) is 9.05. The van der Waals surface area contributed by atoms with Gasteiger partial charge in [-0.15, -0.1) is 11.3 Å². The van der Waals surface area contributed by atoms with Gasteiger partial charge >= 0.3 is 12.1 Å². The molecule has 0 bridgehead atoms. The van der Waals surface area contributed by atoms with E-state index in [-0.39, 0.29) is 31.7 Å². The van der Waals surface area contributed by atoms with E-state index in [9.17, 15) is 32.7 Å². The van der Waals surface area contributed by atoms with Crippen LogP contribution in [0.4, 0.5) is 13.2 Å². The molecule has 6 nitrogen and oxygen atoms in total. The van der Waals surface area contributed by atoms with Gasteiger partial charge in [-0.3, -0.25) is 14.4 Å². The molecular formula is C27H33F3N2O4S. The zero-order chi connectivity index (χ0) is 27.5. The summed E-state index contributed by atoms with van der Waals surface area (Å²) in [7, 11) is 0. The van der Waals surface area contributed by atoms with Gasteiger partial charge in [0.15, 0.2) is 0 Å². The van der Waals surface area contributed by atoms with E-state index in [0.29, 0.717) is 5.56 Å². The first-order chi connectivity index (χ1) is 17.3. The number of hydrogen-bond acceptors (Lipinski definition) is 4. The van der Waals surface area contributed by atoms with Crippen molar-refractivity contribution in [3.05, 3.63) is 46.3 Å². The van der Waals surface area contributed by atoms with Crippen LogP contribution in [0.2, 0.25) is 0 Å². The SMILES string of the molecule is Cc1cccc(C)c1-c1cc([C@@H](CC(=O)O)NC(=O)[C@H](CC(C)C)N2CC[C@@H](C(F)(F)F)CC2=O)cs1. The lowest BCUT2D eigenvalue weighted by Gasteiger charge is -2.38. The van der Waals surface area contributed by atoms with Crippen LogP contribution in [-0.4, -0.2) is 46.6 Å². The fourth-order valence-corrected chi connectivity index (χ4v) is 5.98. The monoisotopic (exact) mass is 538 g/mol. The third-order valence-electron chi connectivity index (χ3n) is 6.74. The van der Waals surface area contributed by atoms with Crippen molar-refractivity contribution in [3.63, 3.8) is 0 Å². The highest BCUT2D eigenvalue weighted by Gasteiger charge is 2.46. The lowest BCUT2D eigenvalue weighted by atomic mass is 9.92.